The number of hydrogen-bond acceptors (Lipinski definition) is 2. The molecule has 4 rings (SSSR count). The summed E-state index contributed by atoms with van der Waals surface area (Å²) in [6.45, 7) is 26.7. The maximum Gasteiger partial charge on any atom is 0.0186 e. The monoisotopic (exact) mass is 556 g/mol. The first-order valence-corrected chi connectivity index (χ1v) is 15.1. The van der Waals surface area contributed by atoms with Crippen LogP contribution in [-0.2, 0) is 0 Å². The number of hydrogen-bond donors (Lipinski definition) is 0. The molecule has 0 aliphatic heterocycles. The average Bonchev–Trinajstić information content (AvgIpc) is 2.89. The topological polar surface area (TPSA) is 0 Å². The van der Waals surface area contributed by atoms with Gasteiger partial charge in [-0.15, -0.1) is 0 Å². The van der Waals surface area contributed by atoms with Crippen LogP contribution >= 0.6 is 23.5 Å². The van der Waals surface area contributed by atoms with Gasteiger partial charge in [0, 0.05) is 19.6 Å². The van der Waals surface area contributed by atoms with Crippen LogP contribution in [-0.4, -0.2) is 0 Å². The highest BCUT2D eigenvalue weighted by Gasteiger charge is 2.16. The first-order valence-electron chi connectivity index (χ1n) is 13.5. The van der Waals surface area contributed by atoms with Crippen molar-refractivity contribution in [3.8, 4) is 0 Å². The van der Waals surface area contributed by atoms with Crippen LogP contribution < -0.4 is 0 Å². The molecule has 2 heteroatoms. The number of benzene rings is 4. The molecule has 0 aliphatic rings. The van der Waals surface area contributed by atoms with Gasteiger partial charge in [-0.1, -0.05) is 66.8 Å². The Kier molecular flexibility index (Phi) is 11.6. The molecule has 39 heavy (non-hydrogen) atoms. The Bertz CT molecular complexity index is 1410. The van der Waals surface area contributed by atoms with Gasteiger partial charge in [-0.25, -0.2) is 0 Å². The summed E-state index contributed by atoms with van der Waals surface area (Å²) >= 11 is 3.79. The fourth-order valence-electron chi connectivity index (χ4n) is 4.94. The molecule has 0 aromatic heterocycles. The lowest BCUT2D eigenvalue weighted by molar-refractivity contribution is 1.08. The molecule has 0 saturated carbocycles. The SMILES string of the molecule is C.Cc1cc(C)c(Sc2ccccc2)c(C)c1.Cc1cc(Sc2c(C)c(C)c(C)c(C)c2C)c(C)c(C)c1C. The Balaban J connectivity index is 0.000000279. The fourth-order valence-corrected chi connectivity index (χ4v) is 7.29. The number of rotatable bonds is 4. The lowest BCUT2D eigenvalue weighted by Crippen LogP contribution is -1.99. The van der Waals surface area contributed by atoms with Gasteiger partial charge in [0.25, 0.3) is 0 Å². The normalized spacial score (nSPS) is 10.6. The second-order valence-electron chi connectivity index (χ2n) is 10.8. The van der Waals surface area contributed by atoms with Crippen molar-refractivity contribution in [2.24, 2.45) is 0 Å². The van der Waals surface area contributed by atoms with E-state index >= 15 is 0 Å². The Labute approximate surface area is 248 Å². The average molecular weight is 557 g/mol. The van der Waals surface area contributed by atoms with E-state index in [1.165, 1.54) is 86.3 Å². The first kappa shape index (κ1) is 32.8. The molecule has 4 aromatic rings. The van der Waals surface area contributed by atoms with E-state index in [9.17, 15) is 0 Å². The molecule has 0 spiro atoms. The fraction of sp³-hybridized carbons (Fsp3) is 0.351. The number of aryl methyl sites for hydroxylation is 4. The molecular weight excluding hydrogens is 509 g/mol. The van der Waals surface area contributed by atoms with Crippen molar-refractivity contribution < 1.29 is 0 Å². The third-order valence-corrected chi connectivity index (χ3v) is 11.0. The minimum atomic E-state index is 0. The maximum absolute atomic E-state index is 2.35. The van der Waals surface area contributed by atoms with E-state index in [-0.39, 0.29) is 7.43 Å². The molecule has 4 aromatic carbocycles. The van der Waals surface area contributed by atoms with Crippen molar-refractivity contribution >= 4 is 23.5 Å². The van der Waals surface area contributed by atoms with Gasteiger partial charge >= 0.3 is 0 Å². The summed E-state index contributed by atoms with van der Waals surface area (Å²) in [4.78, 5) is 5.52. The van der Waals surface area contributed by atoms with Crippen molar-refractivity contribution in [3.05, 3.63) is 115 Å². The zero-order valence-electron chi connectivity index (χ0n) is 25.4. The molecule has 0 heterocycles. The van der Waals surface area contributed by atoms with Crippen molar-refractivity contribution in [3.63, 3.8) is 0 Å². The maximum atomic E-state index is 2.35. The lowest BCUT2D eigenvalue weighted by Gasteiger charge is -2.20. The third-order valence-electron chi connectivity index (χ3n) is 8.14. The largest absolute Gasteiger partial charge is 0.0895 e. The minimum Gasteiger partial charge on any atom is -0.0895 e. The van der Waals surface area contributed by atoms with Crippen molar-refractivity contribution in [1.82, 2.24) is 0 Å². The van der Waals surface area contributed by atoms with Crippen LogP contribution in [0.4, 0.5) is 0 Å². The van der Waals surface area contributed by atoms with Gasteiger partial charge in [0.15, 0.2) is 0 Å². The van der Waals surface area contributed by atoms with Crippen molar-refractivity contribution in [1.29, 1.82) is 0 Å². The molecule has 0 radical (unpaired) electrons. The lowest BCUT2D eigenvalue weighted by atomic mass is 9.95. The van der Waals surface area contributed by atoms with Gasteiger partial charge in [0.05, 0.1) is 0 Å². The van der Waals surface area contributed by atoms with E-state index in [4.69, 9.17) is 0 Å². The van der Waals surface area contributed by atoms with Gasteiger partial charge in [-0.2, -0.15) is 0 Å². The summed E-state index contributed by atoms with van der Waals surface area (Å²) in [5, 5.41) is 0. The van der Waals surface area contributed by atoms with Crippen molar-refractivity contribution in [2.45, 2.75) is 110 Å². The van der Waals surface area contributed by atoms with Crippen LogP contribution in [0.2, 0.25) is 0 Å². The zero-order valence-corrected chi connectivity index (χ0v) is 27.1. The van der Waals surface area contributed by atoms with Gasteiger partial charge in [-0.05, 0) is 162 Å². The van der Waals surface area contributed by atoms with Crippen LogP contribution in [0.3, 0.4) is 0 Å². The van der Waals surface area contributed by atoms with Crippen LogP contribution in [0.5, 0.6) is 0 Å². The molecule has 0 aliphatic carbocycles. The van der Waals surface area contributed by atoms with Gasteiger partial charge in [-0.3, -0.25) is 0 Å². The van der Waals surface area contributed by atoms with Crippen LogP contribution in [0.1, 0.15) is 74.2 Å². The summed E-state index contributed by atoms with van der Waals surface area (Å²) in [6, 6.07) is 17.4. The van der Waals surface area contributed by atoms with E-state index in [1.807, 2.05) is 23.5 Å². The Morgan fingerprint density at radius 3 is 1.38 bits per heavy atom. The minimum absolute atomic E-state index is 0. The van der Waals surface area contributed by atoms with E-state index in [2.05, 4.69) is 132 Å². The Morgan fingerprint density at radius 2 is 0.872 bits per heavy atom. The highest BCUT2D eigenvalue weighted by atomic mass is 32.2. The second kappa shape index (κ2) is 13.8. The van der Waals surface area contributed by atoms with E-state index in [1.54, 1.807) is 0 Å². The molecule has 0 nitrogen and oxygen atoms in total. The highest BCUT2D eigenvalue weighted by Crippen LogP contribution is 2.40. The summed E-state index contributed by atoms with van der Waals surface area (Å²) in [6.07, 6.45) is 0. The summed E-state index contributed by atoms with van der Waals surface area (Å²) in [5.74, 6) is 0. The molecule has 208 valence electrons. The van der Waals surface area contributed by atoms with E-state index in [0.717, 1.165) is 0 Å². The van der Waals surface area contributed by atoms with E-state index < -0.39 is 0 Å². The van der Waals surface area contributed by atoms with Crippen molar-refractivity contribution in [2.75, 3.05) is 0 Å². The standard InChI is InChI=1S/C21H28S.C15H16S.CH4/c1-11-10-20(17(7)13(3)12(11)2)22-21-18(8)15(5)14(4)16(6)19(21)9;1-11-9-12(2)15(13(3)10-11)16-14-7-5-4-6-8-14;/h10H,1-9H3;4-10H,1-3H3;1H4. The zero-order chi connectivity index (χ0) is 28.3. The molecule has 0 bridgehead atoms. The highest BCUT2D eigenvalue weighted by molar-refractivity contribution is 7.99. The molecule has 0 N–H and O–H groups in total. The van der Waals surface area contributed by atoms with Crippen LogP contribution in [0.25, 0.3) is 0 Å². The molecular formula is C37H48S2. The van der Waals surface area contributed by atoms with Crippen LogP contribution in [0.15, 0.2) is 68.1 Å². The molecule has 0 atom stereocenters. The smallest absolute Gasteiger partial charge is 0.0186 e. The molecule has 0 saturated heterocycles. The molecule has 0 unspecified atom stereocenters. The van der Waals surface area contributed by atoms with E-state index in [0.29, 0.717) is 0 Å². The summed E-state index contributed by atoms with van der Waals surface area (Å²) in [7, 11) is 0. The second-order valence-corrected chi connectivity index (χ2v) is 12.9. The summed E-state index contributed by atoms with van der Waals surface area (Å²) in [5.41, 5.74) is 16.9. The molecule has 0 fully saturated rings. The van der Waals surface area contributed by atoms with Gasteiger partial charge < -0.3 is 0 Å². The van der Waals surface area contributed by atoms with Gasteiger partial charge in [0.1, 0.15) is 0 Å². The Hall–Kier alpha value is -2.42. The Morgan fingerprint density at radius 1 is 0.410 bits per heavy atom. The van der Waals surface area contributed by atoms with Crippen LogP contribution in [0, 0.1) is 83.1 Å². The first-order chi connectivity index (χ1) is 17.8. The quantitative estimate of drug-likeness (QED) is 0.245. The van der Waals surface area contributed by atoms with Gasteiger partial charge in [0.2, 0.25) is 0 Å². The predicted octanol–water partition coefficient (Wildman–Crippen LogP) is 12.0. The summed E-state index contributed by atoms with van der Waals surface area (Å²) < 4.78 is 0. The molecule has 0 amide bonds. The third kappa shape index (κ3) is 7.41. The predicted molar refractivity (Wildman–Crippen MR) is 178 cm³/mol.